The summed E-state index contributed by atoms with van der Waals surface area (Å²) < 4.78 is 1.93. The molecule has 2 fully saturated rings. The van der Waals surface area contributed by atoms with Crippen LogP contribution in [0.3, 0.4) is 0 Å². The van der Waals surface area contributed by atoms with Gasteiger partial charge in [-0.15, -0.1) is 15.3 Å². The van der Waals surface area contributed by atoms with Gasteiger partial charge in [-0.1, -0.05) is 6.42 Å². The number of anilines is 2. The number of rotatable bonds is 4. The third-order valence-corrected chi connectivity index (χ3v) is 5.58. The summed E-state index contributed by atoms with van der Waals surface area (Å²) in [6, 6.07) is 4.47. The van der Waals surface area contributed by atoms with Gasteiger partial charge in [0, 0.05) is 32.3 Å². The van der Waals surface area contributed by atoms with Crippen molar-refractivity contribution in [3.8, 4) is 0 Å². The van der Waals surface area contributed by atoms with Crippen molar-refractivity contribution in [1.82, 2.24) is 29.8 Å². The third-order valence-electron chi connectivity index (χ3n) is 5.58. The summed E-state index contributed by atoms with van der Waals surface area (Å²) in [4.78, 5) is 13.3. The zero-order chi connectivity index (χ0) is 17.7. The van der Waals surface area contributed by atoms with Gasteiger partial charge in [0.25, 0.3) is 0 Å². The fourth-order valence-electron chi connectivity index (χ4n) is 3.58. The minimum Gasteiger partial charge on any atom is -0.352 e. The molecule has 2 aliphatic rings. The summed E-state index contributed by atoms with van der Waals surface area (Å²) in [5.74, 6) is 3.43. The fourth-order valence-corrected chi connectivity index (χ4v) is 3.58. The minimum atomic E-state index is 0.413. The lowest BCUT2D eigenvalue weighted by Crippen LogP contribution is -2.59. The second kappa shape index (κ2) is 5.89. The molecule has 5 rings (SSSR count). The zero-order valence-electron chi connectivity index (χ0n) is 15.1. The highest BCUT2D eigenvalue weighted by molar-refractivity contribution is 5.50. The maximum Gasteiger partial charge on any atom is 0.178 e. The van der Waals surface area contributed by atoms with Crippen molar-refractivity contribution >= 4 is 17.3 Å². The largest absolute Gasteiger partial charge is 0.352 e. The summed E-state index contributed by atoms with van der Waals surface area (Å²) in [7, 11) is 2.08. The van der Waals surface area contributed by atoms with E-state index in [9.17, 15) is 0 Å². The van der Waals surface area contributed by atoms with Crippen LogP contribution in [0.2, 0.25) is 0 Å². The maximum absolute atomic E-state index is 4.81. The van der Waals surface area contributed by atoms with Crippen LogP contribution in [-0.4, -0.2) is 56.0 Å². The average molecular weight is 350 g/mol. The van der Waals surface area contributed by atoms with E-state index in [1.54, 1.807) is 6.20 Å². The molecule has 3 aromatic rings. The van der Waals surface area contributed by atoms with Gasteiger partial charge in [-0.25, -0.2) is 4.98 Å². The first-order chi connectivity index (χ1) is 12.7. The minimum absolute atomic E-state index is 0.413. The number of hydrogen-bond donors (Lipinski definition) is 0. The van der Waals surface area contributed by atoms with Crippen LogP contribution in [0.4, 0.5) is 11.6 Å². The molecule has 0 aromatic carbocycles. The van der Waals surface area contributed by atoms with Crippen molar-refractivity contribution in [2.24, 2.45) is 0 Å². The van der Waals surface area contributed by atoms with E-state index in [2.05, 4.69) is 37.0 Å². The molecule has 0 amide bonds. The summed E-state index contributed by atoms with van der Waals surface area (Å²) >= 11 is 0. The molecule has 0 N–H and O–H groups in total. The topological polar surface area (TPSA) is 75.3 Å². The van der Waals surface area contributed by atoms with Crippen LogP contribution < -0.4 is 9.80 Å². The number of aromatic nitrogens is 6. The number of hydrogen-bond acceptors (Lipinski definition) is 7. The molecular weight excluding hydrogens is 328 g/mol. The Bertz CT molecular complexity index is 941. The second-order valence-electron chi connectivity index (χ2n) is 7.34. The van der Waals surface area contributed by atoms with Gasteiger partial charge in [0.15, 0.2) is 11.5 Å². The predicted octanol–water partition coefficient (Wildman–Crippen LogP) is 1.82. The Morgan fingerprint density at radius 3 is 2.69 bits per heavy atom. The number of nitrogens with zero attached hydrogens (tertiary/aromatic N) is 8. The Morgan fingerprint density at radius 2 is 1.96 bits per heavy atom. The molecule has 26 heavy (non-hydrogen) atoms. The van der Waals surface area contributed by atoms with Crippen molar-refractivity contribution in [2.45, 2.75) is 38.1 Å². The highest BCUT2D eigenvalue weighted by Crippen LogP contribution is 2.35. The lowest BCUT2D eigenvalue weighted by atomic mass is 9.85. The third kappa shape index (κ3) is 2.48. The zero-order valence-corrected chi connectivity index (χ0v) is 15.1. The van der Waals surface area contributed by atoms with Gasteiger partial charge in [0.1, 0.15) is 11.6 Å². The molecule has 1 saturated carbocycles. The molecule has 8 heteroatoms. The average Bonchev–Trinajstić information content (AvgIpc) is 2.95. The summed E-state index contributed by atoms with van der Waals surface area (Å²) in [5.41, 5.74) is 1.77. The Kier molecular flexibility index (Phi) is 3.51. The van der Waals surface area contributed by atoms with Crippen LogP contribution in [0, 0.1) is 6.92 Å². The van der Waals surface area contributed by atoms with Gasteiger partial charge in [-0.2, -0.15) is 4.52 Å². The molecule has 0 bridgehead atoms. The molecule has 1 aliphatic carbocycles. The lowest BCUT2D eigenvalue weighted by Gasteiger charge is -2.44. The molecule has 0 spiro atoms. The monoisotopic (exact) mass is 350 g/mol. The molecule has 3 aromatic heterocycles. The molecule has 4 heterocycles. The molecule has 1 aliphatic heterocycles. The first-order valence-corrected chi connectivity index (χ1v) is 9.18. The van der Waals surface area contributed by atoms with E-state index in [0.717, 1.165) is 41.9 Å². The lowest BCUT2D eigenvalue weighted by molar-refractivity contribution is 0.394. The van der Waals surface area contributed by atoms with Crippen LogP contribution in [0.5, 0.6) is 0 Å². The van der Waals surface area contributed by atoms with Crippen molar-refractivity contribution in [3.05, 3.63) is 36.0 Å². The van der Waals surface area contributed by atoms with Crippen LogP contribution >= 0.6 is 0 Å². The van der Waals surface area contributed by atoms with Gasteiger partial charge in [0.2, 0.25) is 0 Å². The van der Waals surface area contributed by atoms with Gasteiger partial charge in [-0.05, 0) is 31.9 Å². The Balaban J connectivity index is 1.32. The van der Waals surface area contributed by atoms with Gasteiger partial charge < -0.3 is 9.80 Å². The smallest absolute Gasteiger partial charge is 0.178 e. The molecule has 0 atom stereocenters. The SMILES string of the molecule is Cc1cncc(N(C)C2CN(c3ccc4nnc(C5CCC5)n4n3)C2)n1. The number of likely N-dealkylation sites (N-methyl/N-ethyl adjacent to an activating group) is 1. The van der Waals surface area contributed by atoms with Gasteiger partial charge >= 0.3 is 0 Å². The fraction of sp³-hybridized carbons (Fsp3) is 0.500. The van der Waals surface area contributed by atoms with Crippen molar-refractivity contribution in [1.29, 1.82) is 0 Å². The van der Waals surface area contributed by atoms with Crippen LogP contribution in [0.25, 0.3) is 5.65 Å². The van der Waals surface area contributed by atoms with Crippen molar-refractivity contribution in [2.75, 3.05) is 29.9 Å². The van der Waals surface area contributed by atoms with Gasteiger partial charge in [-0.3, -0.25) is 4.98 Å². The summed E-state index contributed by atoms with van der Waals surface area (Å²) in [6.45, 7) is 3.81. The standard InChI is InChI=1S/C18H22N8/c1-12-8-19-9-17(20-12)24(2)14-10-25(11-14)16-7-6-15-21-22-18(26(15)23-16)13-4-3-5-13/h6-9,13-14H,3-5,10-11H2,1-2H3. The van der Waals surface area contributed by atoms with Crippen LogP contribution in [0.1, 0.15) is 36.7 Å². The van der Waals surface area contributed by atoms with E-state index in [4.69, 9.17) is 5.10 Å². The summed E-state index contributed by atoms with van der Waals surface area (Å²) in [5, 5.41) is 13.4. The molecule has 0 radical (unpaired) electrons. The normalized spacial score (nSPS) is 18.0. The Morgan fingerprint density at radius 1 is 1.12 bits per heavy atom. The number of fused-ring (bicyclic) bond motifs is 1. The molecular formula is C18H22N8. The van der Waals surface area contributed by atoms with E-state index >= 15 is 0 Å². The van der Waals surface area contributed by atoms with Gasteiger partial charge in [0.05, 0.1) is 17.9 Å². The van der Waals surface area contributed by atoms with Crippen molar-refractivity contribution in [3.63, 3.8) is 0 Å². The highest BCUT2D eigenvalue weighted by atomic mass is 15.4. The predicted molar refractivity (Wildman–Crippen MR) is 98.5 cm³/mol. The van der Waals surface area contributed by atoms with Crippen LogP contribution in [-0.2, 0) is 0 Å². The van der Waals surface area contributed by atoms with Crippen molar-refractivity contribution < 1.29 is 0 Å². The maximum atomic E-state index is 4.81. The molecule has 8 nitrogen and oxygen atoms in total. The molecule has 134 valence electrons. The second-order valence-corrected chi connectivity index (χ2v) is 7.34. The Labute approximate surface area is 151 Å². The van der Waals surface area contributed by atoms with E-state index in [1.807, 2.05) is 29.8 Å². The Hall–Kier alpha value is -2.77. The first-order valence-electron chi connectivity index (χ1n) is 9.18. The molecule has 0 unspecified atom stereocenters. The quantitative estimate of drug-likeness (QED) is 0.710. The van der Waals surface area contributed by atoms with E-state index < -0.39 is 0 Å². The molecule has 1 saturated heterocycles. The van der Waals surface area contributed by atoms with E-state index in [0.29, 0.717) is 12.0 Å². The first kappa shape index (κ1) is 15.5. The number of aryl methyl sites for hydroxylation is 1. The van der Waals surface area contributed by atoms with Crippen LogP contribution in [0.15, 0.2) is 24.5 Å². The highest BCUT2D eigenvalue weighted by Gasteiger charge is 2.32. The summed E-state index contributed by atoms with van der Waals surface area (Å²) in [6.07, 6.45) is 7.27. The van der Waals surface area contributed by atoms with E-state index in [1.165, 1.54) is 19.3 Å². The van der Waals surface area contributed by atoms with E-state index in [-0.39, 0.29) is 0 Å².